The van der Waals surface area contributed by atoms with Crippen LogP contribution in [-0.2, 0) is 6.54 Å². The summed E-state index contributed by atoms with van der Waals surface area (Å²) in [7, 11) is 1.62. The molecule has 3 aromatic rings. The maximum absolute atomic E-state index is 11.0. The smallest absolute Gasteiger partial charge is 0.335 e. The molecule has 1 fully saturated rings. The van der Waals surface area contributed by atoms with E-state index in [0.29, 0.717) is 23.1 Å². The summed E-state index contributed by atoms with van der Waals surface area (Å²) in [5, 5.41) is 17.5. The van der Waals surface area contributed by atoms with Crippen LogP contribution in [0.1, 0.15) is 34.2 Å². The number of para-hydroxylation sites is 1. The Morgan fingerprint density at radius 2 is 2.00 bits per heavy atom. The third-order valence-electron chi connectivity index (χ3n) is 5.01. The number of methoxy groups -OCH3 is 1. The van der Waals surface area contributed by atoms with Gasteiger partial charge in [0.25, 0.3) is 5.89 Å². The minimum absolute atomic E-state index is 0.189. The lowest BCUT2D eigenvalue weighted by molar-refractivity contribution is 0.0697. The molecule has 144 valence electrons. The van der Waals surface area contributed by atoms with Crippen molar-refractivity contribution in [3.63, 3.8) is 0 Å². The number of carboxylic acid groups (broad SMARTS) is 1. The van der Waals surface area contributed by atoms with Gasteiger partial charge in [0.05, 0.1) is 24.2 Å². The molecular formula is C21H21N3O4. The number of benzene rings is 2. The van der Waals surface area contributed by atoms with E-state index < -0.39 is 5.97 Å². The van der Waals surface area contributed by atoms with Gasteiger partial charge in [-0.05, 0) is 42.8 Å². The molecule has 4 rings (SSSR count). The highest BCUT2D eigenvalue weighted by Gasteiger charge is 2.28. The number of hydrogen-bond donors (Lipinski definition) is 1. The van der Waals surface area contributed by atoms with Crippen molar-refractivity contribution in [2.75, 3.05) is 20.2 Å². The molecule has 7 nitrogen and oxygen atoms in total. The van der Waals surface area contributed by atoms with Crippen molar-refractivity contribution in [3.8, 4) is 17.2 Å². The monoisotopic (exact) mass is 379 g/mol. The minimum Gasteiger partial charge on any atom is -0.496 e. The molecule has 28 heavy (non-hydrogen) atoms. The number of nitrogens with zero attached hydrogens (tertiary/aromatic N) is 3. The fraction of sp³-hybridized carbons (Fsp3) is 0.286. The zero-order valence-electron chi connectivity index (χ0n) is 15.5. The zero-order chi connectivity index (χ0) is 19.5. The Labute approximate surface area is 162 Å². The summed E-state index contributed by atoms with van der Waals surface area (Å²) in [6, 6.07) is 14.6. The SMILES string of the molecule is COc1ccccc1-c1nnc([C@H]2CCN(Cc3ccc(C(=O)O)cc3)C2)o1. The van der Waals surface area contributed by atoms with E-state index in [1.807, 2.05) is 36.4 Å². The summed E-state index contributed by atoms with van der Waals surface area (Å²) >= 11 is 0. The second-order valence-electron chi connectivity index (χ2n) is 6.87. The molecule has 0 amide bonds. The van der Waals surface area contributed by atoms with Crippen molar-refractivity contribution in [1.29, 1.82) is 0 Å². The van der Waals surface area contributed by atoms with Crippen LogP contribution < -0.4 is 4.74 Å². The Kier molecular flexibility index (Phi) is 5.08. The maximum Gasteiger partial charge on any atom is 0.335 e. The van der Waals surface area contributed by atoms with Crippen LogP contribution in [0.2, 0.25) is 0 Å². The molecular weight excluding hydrogens is 358 g/mol. The molecule has 1 saturated heterocycles. The topological polar surface area (TPSA) is 88.7 Å². The molecule has 0 bridgehead atoms. The quantitative estimate of drug-likeness (QED) is 0.702. The van der Waals surface area contributed by atoms with Crippen molar-refractivity contribution in [2.24, 2.45) is 0 Å². The highest BCUT2D eigenvalue weighted by molar-refractivity contribution is 5.87. The Morgan fingerprint density at radius 1 is 1.21 bits per heavy atom. The molecule has 7 heteroatoms. The first-order valence-electron chi connectivity index (χ1n) is 9.15. The summed E-state index contributed by atoms with van der Waals surface area (Å²) in [4.78, 5) is 13.3. The van der Waals surface area contributed by atoms with E-state index in [9.17, 15) is 4.79 Å². The standard InChI is InChI=1S/C21H21N3O4/c1-27-18-5-3-2-4-17(18)20-23-22-19(28-20)16-10-11-24(13-16)12-14-6-8-15(9-7-14)21(25)26/h2-9,16H,10-13H2,1H3,(H,25,26)/t16-/m0/s1. The lowest BCUT2D eigenvalue weighted by Crippen LogP contribution is -2.19. The van der Waals surface area contributed by atoms with Gasteiger partial charge in [-0.1, -0.05) is 24.3 Å². The van der Waals surface area contributed by atoms with E-state index in [2.05, 4.69) is 15.1 Å². The van der Waals surface area contributed by atoms with Crippen LogP contribution in [0.25, 0.3) is 11.5 Å². The van der Waals surface area contributed by atoms with E-state index in [0.717, 1.165) is 37.2 Å². The second-order valence-corrected chi connectivity index (χ2v) is 6.87. The number of carbonyl (C=O) groups is 1. The number of carboxylic acids is 1. The van der Waals surface area contributed by atoms with E-state index in [1.165, 1.54) is 0 Å². The minimum atomic E-state index is -0.907. The number of ether oxygens (including phenoxy) is 1. The number of likely N-dealkylation sites (tertiary alicyclic amines) is 1. The maximum atomic E-state index is 11.0. The third kappa shape index (κ3) is 3.75. The molecule has 2 heterocycles. The van der Waals surface area contributed by atoms with Crippen LogP contribution in [0.15, 0.2) is 52.9 Å². The van der Waals surface area contributed by atoms with Gasteiger partial charge >= 0.3 is 5.97 Å². The second kappa shape index (κ2) is 7.82. The molecule has 2 aromatic carbocycles. The van der Waals surface area contributed by atoms with Gasteiger partial charge in [-0.15, -0.1) is 10.2 Å². The third-order valence-corrected chi connectivity index (χ3v) is 5.01. The Morgan fingerprint density at radius 3 is 2.75 bits per heavy atom. The summed E-state index contributed by atoms with van der Waals surface area (Å²) < 4.78 is 11.3. The summed E-state index contributed by atoms with van der Waals surface area (Å²) in [5.74, 6) is 1.10. The van der Waals surface area contributed by atoms with E-state index in [4.69, 9.17) is 14.3 Å². The van der Waals surface area contributed by atoms with Gasteiger partial charge in [0.15, 0.2) is 0 Å². The summed E-state index contributed by atoms with van der Waals surface area (Å²) in [6.07, 6.45) is 0.945. The number of rotatable bonds is 6. The van der Waals surface area contributed by atoms with Crippen molar-refractivity contribution < 1.29 is 19.1 Å². The first kappa shape index (κ1) is 18.2. The average molecular weight is 379 g/mol. The van der Waals surface area contributed by atoms with Crippen molar-refractivity contribution in [3.05, 3.63) is 65.5 Å². The molecule has 1 N–H and O–H groups in total. The number of aromatic carboxylic acids is 1. The predicted molar refractivity (Wildman–Crippen MR) is 102 cm³/mol. The van der Waals surface area contributed by atoms with Gasteiger partial charge in [0.2, 0.25) is 5.89 Å². The Hall–Kier alpha value is -3.19. The van der Waals surface area contributed by atoms with Crippen LogP contribution in [0.5, 0.6) is 5.75 Å². The van der Waals surface area contributed by atoms with Gasteiger partial charge in [0, 0.05) is 13.1 Å². The molecule has 0 spiro atoms. The normalized spacial score (nSPS) is 17.0. The van der Waals surface area contributed by atoms with E-state index in [-0.39, 0.29) is 5.92 Å². The first-order valence-corrected chi connectivity index (χ1v) is 9.15. The fourth-order valence-corrected chi connectivity index (χ4v) is 3.52. The average Bonchev–Trinajstić information content (AvgIpc) is 3.38. The van der Waals surface area contributed by atoms with Crippen LogP contribution in [0.4, 0.5) is 0 Å². The van der Waals surface area contributed by atoms with Gasteiger partial charge in [-0.2, -0.15) is 0 Å². The van der Waals surface area contributed by atoms with Crippen LogP contribution in [0.3, 0.4) is 0 Å². The summed E-state index contributed by atoms with van der Waals surface area (Å²) in [6.45, 7) is 2.52. The number of hydrogen-bond acceptors (Lipinski definition) is 6. The Bertz CT molecular complexity index is 968. The molecule has 1 aromatic heterocycles. The molecule has 0 aliphatic carbocycles. The molecule has 0 radical (unpaired) electrons. The fourth-order valence-electron chi connectivity index (χ4n) is 3.52. The van der Waals surface area contributed by atoms with Gasteiger partial charge in [-0.3, -0.25) is 4.90 Å². The predicted octanol–water partition coefficient (Wildman–Crippen LogP) is 3.43. The van der Waals surface area contributed by atoms with Crippen LogP contribution >= 0.6 is 0 Å². The highest BCUT2D eigenvalue weighted by Crippen LogP contribution is 2.32. The lowest BCUT2D eigenvalue weighted by atomic mass is 10.1. The van der Waals surface area contributed by atoms with Crippen LogP contribution in [0, 0.1) is 0 Å². The van der Waals surface area contributed by atoms with Crippen LogP contribution in [-0.4, -0.2) is 46.4 Å². The lowest BCUT2D eigenvalue weighted by Gasteiger charge is -2.15. The molecule has 0 unspecified atom stereocenters. The molecule has 0 saturated carbocycles. The largest absolute Gasteiger partial charge is 0.496 e. The van der Waals surface area contributed by atoms with Gasteiger partial charge in [-0.25, -0.2) is 4.79 Å². The molecule has 1 aliphatic heterocycles. The van der Waals surface area contributed by atoms with Gasteiger partial charge < -0.3 is 14.3 Å². The van der Waals surface area contributed by atoms with Crippen molar-refractivity contribution in [1.82, 2.24) is 15.1 Å². The first-order chi connectivity index (χ1) is 13.6. The highest BCUT2D eigenvalue weighted by atomic mass is 16.5. The zero-order valence-corrected chi connectivity index (χ0v) is 15.5. The van der Waals surface area contributed by atoms with Crippen molar-refractivity contribution >= 4 is 5.97 Å². The Balaban J connectivity index is 1.42. The number of aromatic nitrogens is 2. The summed E-state index contributed by atoms with van der Waals surface area (Å²) in [5.41, 5.74) is 2.18. The van der Waals surface area contributed by atoms with Crippen molar-refractivity contribution in [2.45, 2.75) is 18.9 Å². The van der Waals surface area contributed by atoms with Gasteiger partial charge in [0.1, 0.15) is 5.75 Å². The molecule has 1 aliphatic rings. The van der Waals surface area contributed by atoms with E-state index in [1.54, 1.807) is 19.2 Å². The molecule has 1 atom stereocenters. The van der Waals surface area contributed by atoms with E-state index >= 15 is 0 Å².